The van der Waals surface area contributed by atoms with Crippen molar-refractivity contribution in [2.45, 2.75) is 43.7 Å². The molecule has 1 saturated carbocycles. The van der Waals surface area contributed by atoms with Crippen LogP contribution in [0.5, 0.6) is 0 Å². The van der Waals surface area contributed by atoms with Crippen LogP contribution in [0, 0.1) is 6.33 Å². The van der Waals surface area contributed by atoms with Crippen LogP contribution in [0.15, 0.2) is 30.5 Å². The van der Waals surface area contributed by atoms with Crippen molar-refractivity contribution in [1.82, 2.24) is 19.9 Å². The Bertz CT molecular complexity index is 1080. The van der Waals surface area contributed by atoms with E-state index >= 15 is 0 Å². The van der Waals surface area contributed by atoms with Crippen LogP contribution in [0.3, 0.4) is 0 Å². The van der Waals surface area contributed by atoms with Crippen LogP contribution in [0.4, 0.5) is 13.2 Å². The number of halogens is 3. The van der Waals surface area contributed by atoms with Crippen molar-refractivity contribution in [2.75, 3.05) is 20.1 Å². The molecule has 5 rings (SSSR count). The Balaban J connectivity index is 1.63. The van der Waals surface area contributed by atoms with E-state index in [2.05, 4.69) is 28.2 Å². The SMILES string of the molecule is CN1CCC(c2nc(-c3cccc(C(F)(F)F)c3)c(-c3n[c]ncc3C3CC3)s2)CC1. The van der Waals surface area contributed by atoms with Gasteiger partial charge in [-0.2, -0.15) is 13.2 Å². The van der Waals surface area contributed by atoms with E-state index in [4.69, 9.17) is 4.98 Å². The van der Waals surface area contributed by atoms with Crippen LogP contribution in [0.25, 0.3) is 21.8 Å². The maximum absolute atomic E-state index is 13.4. The maximum atomic E-state index is 13.4. The second-order valence-corrected chi connectivity index (χ2v) is 9.46. The van der Waals surface area contributed by atoms with Crippen molar-refractivity contribution in [3.05, 3.63) is 52.9 Å². The van der Waals surface area contributed by atoms with E-state index < -0.39 is 11.7 Å². The third-order valence-corrected chi connectivity index (χ3v) is 7.33. The van der Waals surface area contributed by atoms with E-state index in [0.717, 1.165) is 66.0 Å². The highest BCUT2D eigenvalue weighted by Crippen LogP contribution is 2.48. The van der Waals surface area contributed by atoms with Crippen molar-refractivity contribution < 1.29 is 13.2 Å². The summed E-state index contributed by atoms with van der Waals surface area (Å²) in [5.41, 5.74) is 2.20. The summed E-state index contributed by atoms with van der Waals surface area (Å²) in [7, 11) is 2.11. The molecule has 0 N–H and O–H groups in total. The van der Waals surface area contributed by atoms with Crippen LogP contribution >= 0.6 is 11.3 Å². The van der Waals surface area contributed by atoms with Gasteiger partial charge in [-0.3, -0.25) is 0 Å². The van der Waals surface area contributed by atoms with Gasteiger partial charge in [-0.15, -0.1) is 11.3 Å². The molecule has 0 spiro atoms. The number of rotatable bonds is 4. The van der Waals surface area contributed by atoms with E-state index in [1.165, 1.54) is 12.1 Å². The summed E-state index contributed by atoms with van der Waals surface area (Å²) in [4.78, 5) is 16.6. The normalized spacial score (nSPS) is 18.5. The zero-order valence-corrected chi connectivity index (χ0v) is 17.9. The molecule has 0 atom stereocenters. The molecule has 1 radical (unpaired) electrons. The number of hydrogen-bond acceptors (Lipinski definition) is 5. The lowest BCUT2D eigenvalue weighted by atomic mass is 9.98. The zero-order valence-electron chi connectivity index (χ0n) is 17.1. The number of alkyl halides is 3. The van der Waals surface area contributed by atoms with Gasteiger partial charge in [-0.05, 0) is 63.9 Å². The van der Waals surface area contributed by atoms with E-state index in [-0.39, 0.29) is 0 Å². The lowest BCUT2D eigenvalue weighted by Gasteiger charge is -2.27. The topological polar surface area (TPSA) is 41.9 Å². The molecule has 1 aromatic carbocycles. The Morgan fingerprint density at radius 2 is 1.84 bits per heavy atom. The summed E-state index contributed by atoms with van der Waals surface area (Å²) >= 11 is 1.57. The fourth-order valence-corrected chi connectivity index (χ4v) is 5.41. The van der Waals surface area contributed by atoms with Crippen molar-refractivity contribution >= 4 is 11.3 Å². The van der Waals surface area contributed by atoms with Crippen molar-refractivity contribution in [2.24, 2.45) is 0 Å². The van der Waals surface area contributed by atoms with Gasteiger partial charge in [0, 0.05) is 23.2 Å². The Kier molecular flexibility index (Phi) is 5.30. The molecule has 8 heteroatoms. The number of piperidine rings is 1. The molecule has 0 unspecified atom stereocenters. The highest BCUT2D eigenvalue weighted by Gasteiger charge is 2.33. The fraction of sp³-hybridized carbons (Fsp3) is 0.435. The number of hydrogen-bond donors (Lipinski definition) is 0. The van der Waals surface area contributed by atoms with Gasteiger partial charge in [-0.25, -0.2) is 15.0 Å². The molecule has 1 saturated heterocycles. The largest absolute Gasteiger partial charge is 0.416 e. The molecule has 161 valence electrons. The van der Waals surface area contributed by atoms with Gasteiger partial charge >= 0.3 is 6.18 Å². The van der Waals surface area contributed by atoms with Gasteiger partial charge in [-0.1, -0.05) is 12.1 Å². The Morgan fingerprint density at radius 1 is 1.06 bits per heavy atom. The van der Waals surface area contributed by atoms with E-state index in [0.29, 0.717) is 23.1 Å². The lowest BCUT2D eigenvalue weighted by molar-refractivity contribution is -0.137. The summed E-state index contributed by atoms with van der Waals surface area (Å²) in [6, 6.07) is 5.44. The molecule has 1 aliphatic heterocycles. The summed E-state index contributed by atoms with van der Waals surface area (Å²) < 4.78 is 40.1. The van der Waals surface area contributed by atoms with Gasteiger partial charge in [0.1, 0.15) is 0 Å². The molecule has 0 bridgehead atoms. The summed E-state index contributed by atoms with van der Waals surface area (Å²) in [5, 5.41) is 0.982. The van der Waals surface area contributed by atoms with Crippen LogP contribution in [0.1, 0.15) is 53.7 Å². The van der Waals surface area contributed by atoms with Crippen molar-refractivity contribution in [3.8, 4) is 21.8 Å². The fourth-order valence-electron chi connectivity index (χ4n) is 4.14. The monoisotopic (exact) mass is 443 g/mol. The van der Waals surface area contributed by atoms with Crippen LogP contribution in [-0.4, -0.2) is 40.0 Å². The lowest BCUT2D eigenvalue weighted by Crippen LogP contribution is -2.29. The smallest absolute Gasteiger partial charge is 0.306 e. The standard InChI is InChI=1S/C23H22F3N4S/c1-30-9-7-15(8-10-30)22-29-19(16-3-2-4-17(11-16)23(24,25)26)21(31-22)20-18(14-5-6-14)12-27-13-28-20/h2-4,11-12,14-15H,5-10H2,1H3. The van der Waals surface area contributed by atoms with Crippen molar-refractivity contribution in [3.63, 3.8) is 0 Å². The van der Waals surface area contributed by atoms with Crippen molar-refractivity contribution in [1.29, 1.82) is 0 Å². The minimum absolute atomic E-state index is 0.315. The maximum Gasteiger partial charge on any atom is 0.416 e. The first-order chi connectivity index (χ1) is 14.9. The van der Waals surface area contributed by atoms with Crippen LogP contribution in [0.2, 0.25) is 0 Å². The summed E-state index contributed by atoms with van der Waals surface area (Å²) in [6.45, 7) is 1.99. The number of thiazole rings is 1. The molecule has 2 fully saturated rings. The van der Waals surface area contributed by atoms with E-state index in [9.17, 15) is 13.2 Å². The zero-order chi connectivity index (χ0) is 21.6. The molecule has 31 heavy (non-hydrogen) atoms. The third-order valence-electron chi connectivity index (χ3n) is 6.10. The first-order valence-corrected chi connectivity index (χ1v) is 11.3. The summed E-state index contributed by atoms with van der Waals surface area (Å²) in [6.07, 6.45) is 4.24. The second-order valence-electron chi connectivity index (χ2n) is 8.43. The van der Waals surface area contributed by atoms with Crippen LogP contribution in [-0.2, 0) is 6.18 Å². The van der Waals surface area contributed by atoms with E-state index in [1.54, 1.807) is 23.6 Å². The number of likely N-dealkylation sites (tertiary alicyclic amines) is 1. The first kappa shape index (κ1) is 20.6. The molecular weight excluding hydrogens is 421 g/mol. The minimum Gasteiger partial charge on any atom is -0.306 e. The van der Waals surface area contributed by atoms with Gasteiger partial charge in [0.05, 0.1) is 26.8 Å². The average Bonchev–Trinajstić information content (AvgIpc) is 3.52. The highest BCUT2D eigenvalue weighted by molar-refractivity contribution is 7.15. The number of aromatic nitrogens is 3. The summed E-state index contributed by atoms with van der Waals surface area (Å²) in [5.74, 6) is 0.725. The highest BCUT2D eigenvalue weighted by atomic mass is 32.1. The molecule has 2 aliphatic rings. The van der Waals surface area contributed by atoms with E-state index in [1.807, 2.05) is 0 Å². The van der Waals surface area contributed by atoms with Gasteiger partial charge in [0.25, 0.3) is 0 Å². The first-order valence-electron chi connectivity index (χ1n) is 10.5. The Hall–Kier alpha value is -2.32. The Morgan fingerprint density at radius 3 is 2.55 bits per heavy atom. The van der Waals surface area contributed by atoms with Crippen LogP contribution < -0.4 is 0 Å². The molecule has 3 heterocycles. The minimum atomic E-state index is -4.40. The van der Waals surface area contributed by atoms with Gasteiger partial charge in [0.15, 0.2) is 6.33 Å². The third kappa shape index (κ3) is 4.23. The second kappa shape index (κ2) is 7.98. The van der Waals surface area contributed by atoms with Gasteiger partial charge in [0.2, 0.25) is 0 Å². The van der Waals surface area contributed by atoms with Gasteiger partial charge < -0.3 is 4.90 Å². The molecule has 3 aromatic rings. The molecule has 0 amide bonds. The Labute approximate surface area is 183 Å². The molecule has 2 aromatic heterocycles. The molecule has 1 aliphatic carbocycles. The molecular formula is C23H22F3N4S. The average molecular weight is 444 g/mol. The quantitative estimate of drug-likeness (QED) is 0.513. The predicted octanol–water partition coefficient (Wildman–Crippen LogP) is 5.77. The number of nitrogens with zero attached hydrogens (tertiary/aromatic N) is 4. The molecule has 4 nitrogen and oxygen atoms in total. The predicted molar refractivity (Wildman–Crippen MR) is 114 cm³/mol. The number of benzene rings is 1.